The van der Waals surface area contributed by atoms with Gasteiger partial charge < -0.3 is 10.1 Å². The Labute approximate surface area is 87.5 Å². The van der Waals surface area contributed by atoms with Crippen LogP contribution in [0.4, 0.5) is 18.9 Å². The molecule has 0 bridgehead atoms. The van der Waals surface area contributed by atoms with Gasteiger partial charge in [0.25, 0.3) is 0 Å². The van der Waals surface area contributed by atoms with E-state index in [2.05, 4.69) is 15.0 Å². The van der Waals surface area contributed by atoms with Crippen LogP contribution in [0.5, 0.6) is 5.88 Å². The number of aromatic nitrogens is 1. The van der Waals surface area contributed by atoms with E-state index < -0.39 is 17.8 Å². The van der Waals surface area contributed by atoms with Gasteiger partial charge in [-0.15, -0.1) is 13.2 Å². The molecule has 0 aliphatic carbocycles. The summed E-state index contributed by atoms with van der Waals surface area (Å²) in [7, 11) is 0. The summed E-state index contributed by atoms with van der Waals surface area (Å²) in [6.45, 7) is 0. The second-order valence-corrected chi connectivity index (χ2v) is 2.50. The smallest absolute Gasteiger partial charge is 0.386 e. The number of nitrogens with one attached hydrogen (secondary N) is 1. The molecule has 5 nitrogen and oxygen atoms in total. The number of carbonyl (C=O) groups is 1. The molecule has 1 aromatic rings. The van der Waals surface area contributed by atoms with Crippen LogP contribution in [0, 0.1) is 11.3 Å². The number of halogens is 3. The van der Waals surface area contributed by atoms with E-state index in [4.69, 9.17) is 5.26 Å². The molecule has 1 rings (SSSR count). The Kier molecular flexibility index (Phi) is 3.30. The number of hydrogen-bond donors (Lipinski definition) is 1. The number of anilines is 1. The summed E-state index contributed by atoms with van der Waals surface area (Å²) in [4.78, 5) is 13.3. The Morgan fingerprint density at radius 1 is 1.56 bits per heavy atom. The van der Waals surface area contributed by atoms with Crippen molar-refractivity contribution >= 4 is 12.1 Å². The van der Waals surface area contributed by atoms with Crippen LogP contribution in [0.2, 0.25) is 0 Å². The maximum absolute atomic E-state index is 11.9. The molecule has 1 N–H and O–H groups in total. The third-order valence-electron chi connectivity index (χ3n) is 1.41. The van der Waals surface area contributed by atoms with Crippen molar-refractivity contribution in [1.82, 2.24) is 4.98 Å². The zero-order valence-corrected chi connectivity index (χ0v) is 7.58. The summed E-state index contributed by atoms with van der Waals surface area (Å²) < 4.78 is 39.1. The molecule has 16 heavy (non-hydrogen) atoms. The number of ether oxygens (including phenoxy) is 1. The zero-order valence-electron chi connectivity index (χ0n) is 7.58. The minimum absolute atomic E-state index is 0.0982. The zero-order chi connectivity index (χ0) is 12.2. The van der Waals surface area contributed by atoms with Gasteiger partial charge in [-0.05, 0) is 6.07 Å². The monoisotopic (exact) mass is 231 g/mol. The summed E-state index contributed by atoms with van der Waals surface area (Å²) in [6, 6.07) is 2.49. The SMILES string of the molecule is N#Cc1cc(NC=O)cnc1OC(F)(F)F. The molecule has 0 atom stereocenters. The fourth-order valence-corrected chi connectivity index (χ4v) is 0.870. The maximum Gasteiger partial charge on any atom is 0.574 e. The molecule has 0 aliphatic rings. The third kappa shape index (κ3) is 3.13. The first-order valence-electron chi connectivity index (χ1n) is 3.82. The standard InChI is InChI=1S/C8H4F3N3O2/c9-8(10,11)16-7-5(2-12)1-6(3-13-7)14-4-15/h1,3-4H,(H,14,15). The van der Waals surface area contributed by atoms with Crippen LogP contribution in [0.15, 0.2) is 12.3 Å². The second-order valence-electron chi connectivity index (χ2n) is 2.50. The molecule has 1 aromatic heterocycles. The van der Waals surface area contributed by atoms with E-state index in [-0.39, 0.29) is 5.69 Å². The van der Waals surface area contributed by atoms with E-state index in [0.29, 0.717) is 6.41 Å². The van der Waals surface area contributed by atoms with E-state index in [1.165, 1.54) is 6.07 Å². The van der Waals surface area contributed by atoms with Crippen LogP contribution in [-0.4, -0.2) is 17.8 Å². The Bertz CT molecular complexity index is 439. The summed E-state index contributed by atoms with van der Waals surface area (Å²) >= 11 is 0. The van der Waals surface area contributed by atoms with Crippen molar-refractivity contribution in [1.29, 1.82) is 5.26 Å². The van der Waals surface area contributed by atoms with E-state index in [0.717, 1.165) is 12.3 Å². The lowest BCUT2D eigenvalue weighted by molar-refractivity contribution is -0.276. The highest BCUT2D eigenvalue weighted by atomic mass is 19.4. The first-order chi connectivity index (χ1) is 7.46. The number of nitriles is 1. The highest BCUT2D eigenvalue weighted by Gasteiger charge is 2.33. The molecule has 0 aliphatic heterocycles. The molecule has 0 aromatic carbocycles. The normalized spacial score (nSPS) is 10.4. The minimum atomic E-state index is -4.92. The summed E-state index contributed by atoms with van der Waals surface area (Å²) in [5.74, 6) is -0.855. The van der Waals surface area contributed by atoms with Crippen LogP contribution < -0.4 is 10.1 Å². The van der Waals surface area contributed by atoms with Crippen LogP contribution in [-0.2, 0) is 4.79 Å². The number of nitrogens with zero attached hydrogens (tertiary/aromatic N) is 2. The van der Waals surface area contributed by atoms with E-state index >= 15 is 0 Å². The van der Waals surface area contributed by atoms with Gasteiger partial charge in [-0.25, -0.2) is 4.98 Å². The highest BCUT2D eigenvalue weighted by molar-refractivity contribution is 5.71. The lowest BCUT2D eigenvalue weighted by atomic mass is 10.3. The van der Waals surface area contributed by atoms with Crippen molar-refractivity contribution in [2.24, 2.45) is 0 Å². The number of hydrogen-bond acceptors (Lipinski definition) is 4. The second kappa shape index (κ2) is 4.48. The number of amides is 1. The predicted molar refractivity (Wildman–Crippen MR) is 45.3 cm³/mol. The molecule has 0 unspecified atom stereocenters. The number of alkyl halides is 3. The fraction of sp³-hybridized carbons (Fsp3) is 0.125. The summed E-state index contributed by atoms with van der Waals surface area (Å²) in [5.41, 5.74) is -0.328. The molecule has 0 saturated carbocycles. The van der Waals surface area contributed by atoms with Gasteiger partial charge in [0.15, 0.2) is 0 Å². The highest BCUT2D eigenvalue weighted by Crippen LogP contribution is 2.25. The number of rotatable bonds is 3. The molecule has 1 amide bonds. The van der Waals surface area contributed by atoms with Crippen LogP contribution >= 0.6 is 0 Å². The first-order valence-corrected chi connectivity index (χ1v) is 3.82. The van der Waals surface area contributed by atoms with Gasteiger partial charge in [0.2, 0.25) is 12.3 Å². The Morgan fingerprint density at radius 3 is 2.75 bits per heavy atom. The molecule has 0 fully saturated rings. The van der Waals surface area contributed by atoms with Crippen molar-refractivity contribution in [3.05, 3.63) is 17.8 Å². The van der Waals surface area contributed by atoms with Crippen molar-refractivity contribution in [3.63, 3.8) is 0 Å². The van der Waals surface area contributed by atoms with Gasteiger partial charge in [0, 0.05) is 0 Å². The third-order valence-corrected chi connectivity index (χ3v) is 1.41. The van der Waals surface area contributed by atoms with Crippen molar-refractivity contribution < 1.29 is 22.7 Å². The fourth-order valence-electron chi connectivity index (χ4n) is 0.870. The Balaban J connectivity index is 3.03. The van der Waals surface area contributed by atoms with Gasteiger partial charge >= 0.3 is 6.36 Å². The lowest BCUT2D eigenvalue weighted by Gasteiger charge is -2.09. The van der Waals surface area contributed by atoms with Crippen molar-refractivity contribution in [2.45, 2.75) is 6.36 Å². The summed E-state index contributed by atoms with van der Waals surface area (Å²) in [6.07, 6.45) is -3.67. The van der Waals surface area contributed by atoms with E-state index in [1.54, 1.807) is 0 Å². The van der Waals surface area contributed by atoms with Gasteiger partial charge in [-0.3, -0.25) is 4.79 Å². The van der Waals surface area contributed by atoms with Gasteiger partial charge in [0.05, 0.1) is 11.9 Å². The van der Waals surface area contributed by atoms with Crippen LogP contribution in [0.1, 0.15) is 5.56 Å². The lowest BCUT2D eigenvalue weighted by Crippen LogP contribution is -2.18. The largest absolute Gasteiger partial charge is 0.574 e. The van der Waals surface area contributed by atoms with Gasteiger partial charge in [-0.2, -0.15) is 5.26 Å². The minimum Gasteiger partial charge on any atom is -0.386 e. The predicted octanol–water partition coefficient (Wildman–Crippen LogP) is 1.42. The summed E-state index contributed by atoms with van der Waals surface area (Å²) in [5, 5.41) is 10.7. The Hall–Kier alpha value is -2.30. The molecule has 0 spiro atoms. The van der Waals surface area contributed by atoms with Crippen LogP contribution in [0.25, 0.3) is 0 Å². The molecule has 1 heterocycles. The molecule has 8 heteroatoms. The van der Waals surface area contributed by atoms with Crippen molar-refractivity contribution in [3.8, 4) is 11.9 Å². The maximum atomic E-state index is 11.9. The number of carbonyl (C=O) groups excluding carboxylic acids is 1. The van der Waals surface area contributed by atoms with E-state index in [9.17, 15) is 18.0 Å². The molecular weight excluding hydrogens is 227 g/mol. The van der Waals surface area contributed by atoms with Gasteiger partial charge in [-0.1, -0.05) is 0 Å². The molecular formula is C8H4F3N3O2. The van der Waals surface area contributed by atoms with Gasteiger partial charge in [0.1, 0.15) is 11.6 Å². The Morgan fingerprint density at radius 2 is 2.25 bits per heavy atom. The molecule has 0 radical (unpaired) electrons. The molecule has 0 saturated heterocycles. The topological polar surface area (TPSA) is 75.0 Å². The first kappa shape index (κ1) is 11.8. The van der Waals surface area contributed by atoms with Crippen LogP contribution in [0.3, 0.4) is 0 Å². The average Bonchev–Trinajstić information content (AvgIpc) is 2.18. The average molecular weight is 231 g/mol. The number of pyridine rings is 1. The van der Waals surface area contributed by atoms with E-state index in [1.807, 2.05) is 0 Å². The molecule has 84 valence electrons. The van der Waals surface area contributed by atoms with Crippen molar-refractivity contribution in [2.75, 3.05) is 5.32 Å². The quantitative estimate of drug-likeness (QED) is 0.798.